The van der Waals surface area contributed by atoms with E-state index in [0.29, 0.717) is 0 Å². The van der Waals surface area contributed by atoms with Gasteiger partial charge in [-0.1, -0.05) is 84.9 Å². The van der Waals surface area contributed by atoms with Crippen LogP contribution in [0.15, 0.2) is 177 Å². The Morgan fingerprint density at radius 1 is 0.308 bits per heavy atom. The zero-order chi connectivity index (χ0) is 33.9. The molecule has 0 aliphatic heterocycles. The van der Waals surface area contributed by atoms with Gasteiger partial charge in [0.2, 0.25) is 0 Å². The molecule has 0 spiro atoms. The first-order valence-corrected chi connectivity index (χ1v) is 17.6. The maximum Gasteiger partial charge on any atom is 0.147 e. The predicted octanol–water partition coefficient (Wildman–Crippen LogP) is 13.8. The first kappa shape index (κ1) is 27.7. The number of nitrogens with zero attached hydrogens (tertiary/aromatic N) is 1. The van der Waals surface area contributed by atoms with Crippen LogP contribution in [-0.4, -0.2) is 4.57 Å². The molecule has 0 bridgehead atoms. The number of benzene rings is 8. The SMILES string of the molecule is c1ccc(-c2ccc3oc4ccc(-c5ccc6oc7ccc8c9cc(-n%10c%11ccccc%11c%11ccccc%11%10)ccc9oc8c7c6c5)cc4c3c2)cc1. The number of hydrogen-bond acceptors (Lipinski definition) is 3. The fourth-order valence-corrected chi connectivity index (χ4v) is 8.37. The largest absolute Gasteiger partial charge is 0.456 e. The third-order valence-electron chi connectivity index (χ3n) is 10.8. The standard InChI is InChI=1S/C48H27NO3/c1-2-8-28(9-3-1)29-14-19-42-36(24-29)37-25-30(15-20-43(37)50-42)31-16-21-45-39(26-31)47-46(51-45)23-18-35-38-27-32(17-22-44(38)52-48(35)47)49-40-12-6-4-10-33(40)34-11-5-7-13-41(34)49/h1-27H. The van der Waals surface area contributed by atoms with Gasteiger partial charge >= 0.3 is 0 Å². The van der Waals surface area contributed by atoms with Gasteiger partial charge in [-0.3, -0.25) is 0 Å². The fourth-order valence-electron chi connectivity index (χ4n) is 8.37. The molecule has 0 radical (unpaired) electrons. The number of para-hydroxylation sites is 2. The van der Waals surface area contributed by atoms with Crippen molar-refractivity contribution in [1.82, 2.24) is 4.57 Å². The smallest absolute Gasteiger partial charge is 0.147 e. The van der Waals surface area contributed by atoms with Gasteiger partial charge in [-0.15, -0.1) is 0 Å². The second-order valence-electron chi connectivity index (χ2n) is 13.7. The summed E-state index contributed by atoms with van der Waals surface area (Å²) in [4.78, 5) is 0. The number of aromatic nitrogens is 1. The van der Waals surface area contributed by atoms with Gasteiger partial charge in [0.15, 0.2) is 0 Å². The molecule has 52 heavy (non-hydrogen) atoms. The van der Waals surface area contributed by atoms with Gasteiger partial charge in [-0.2, -0.15) is 0 Å². The molecule has 4 heterocycles. The quantitative estimate of drug-likeness (QED) is 0.189. The van der Waals surface area contributed by atoms with Crippen molar-refractivity contribution >= 4 is 87.6 Å². The summed E-state index contributed by atoms with van der Waals surface area (Å²) in [5.41, 5.74) is 13.1. The van der Waals surface area contributed by atoms with Gasteiger partial charge in [0.25, 0.3) is 0 Å². The molecule has 0 unspecified atom stereocenters. The summed E-state index contributed by atoms with van der Waals surface area (Å²) >= 11 is 0. The molecule has 12 rings (SSSR count). The van der Waals surface area contributed by atoms with Crippen LogP contribution in [0, 0.1) is 0 Å². The Hall–Kier alpha value is -7.04. The number of rotatable bonds is 3. The third-order valence-corrected chi connectivity index (χ3v) is 10.8. The summed E-state index contributed by atoms with van der Waals surface area (Å²) in [6.45, 7) is 0. The van der Waals surface area contributed by atoms with Crippen LogP contribution in [-0.2, 0) is 0 Å². The number of hydrogen-bond donors (Lipinski definition) is 0. The van der Waals surface area contributed by atoms with Crippen molar-refractivity contribution in [2.75, 3.05) is 0 Å². The topological polar surface area (TPSA) is 44.4 Å². The summed E-state index contributed by atoms with van der Waals surface area (Å²) in [5.74, 6) is 0. The Morgan fingerprint density at radius 3 is 1.50 bits per heavy atom. The average molecular weight is 666 g/mol. The van der Waals surface area contributed by atoms with Crippen LogP contribution in [0.4, 0.5) is 0 Å². The van der Waals surface area contributed by atoms with Crippen LogP contribution in [0.1, 0.15) is 0 Å². The molecule has 0 atom stereocenters. The van der Waals surface area contributed by atoms with Crippen molar-refractivity contribution in [3.63, 3.8) is 0 Å². The molecule has 0 saturated carbocycles. The third kappa shape index (κ3) is 3.86. The van der Waals surface area contributed by atoms with E-state index in [1.54, 1.807) is 0 Å². The van der Waals surface area contributed by atoms with E-state index in [4.69, 9.17) is 13.3 Å². The van der Waals surface area contributed by atoms with E-state index in [2.05, 4.69) is 162 Å². The van der Waals surface area contributed by atoms with Crippen LogP contribution in [0.25, 0.3) is 116 Å². The van der Waals surface area contributed by atoms with Crippen molar-refractivity contribution in [1.29, 1.82) is 0 Å². The van der Waals surface area contributed by atoms with Gasteiger partial charge < -0.3 is 17.8 Å². The molecule has 4 heteroatoms. The highest BCUT2D eigenvalue weighted by Gasteiger charge is 2.19. The molecular weight excluding hydrogens is 639 g/mol. The molecule has 0 aliphatic carbocycles. The highest BCUT2D eigenvalue weighted by molar-refractivity contribution is 6.22. The lowest BCUT2D eigenvalue weighted by Crippen LogP contribution is -1.93. The predicted molar refractivity (Wildman–Crippen MR) is 213 cm³/mol. The molecule has 12 aromatic rings. The van der Waals surface area contributed by atoms with E-state index in [-0.39, 0.29) is 0 Å². The van der Waals surface area contributed by atoms with Gasteiger partial charge in [0.1, 0.15) is 33.5 Å². The highest BCUT2D eigenvalue weighted by atomic mass is 16.3. The Bertz CT molecular complexity index is 3360. The van der Waals surface area contributed by atoms with Crippen molar-refractivity contribution < 1.29 is 13.3 Å². The second-order valence-corrected chi connectivity index (χ2v) is 13.7. The molecule has 0 aliphatic rings. The summed E-state index contributed by atoms with van der Waals surface area (Å²) in [7, 11) is 0. The Labute approximate surface area is 296 Å². The van der Waals surface area contributed by atoms with Gasteiger partial charge in [-0.05, 0) is 101 Å². The van der Waals surface area contributed by atoms with E-state index in [0.717, 1.165) is 82.6 Å². The van der Waals surface area contributed by atoms with Crippen molar-refractivity contribution in [2.24, 2.45) is 0 Å². The maximum atomic E-state index is 6.69. The molecule has 4 nitrogen and oxygen atoms in total. The summed E-state index contributed by atoms with van der Waals surface area (Å²) in [6.07, 6.45) is 0. The lowest BCUT2D eigenvalue weighted by molar-refractivity contribution is 0.662. The van der Waals surface area contributed by atoms with Crippen molar-refractivity contribution in [2.45, 2.75) is 0 Å². The summed E-state index contributed by atoms with van der Waals surface area (Å²) in [5, 5.41) is 8.87. The molecule has 0 fully saturated rings. The lowest BCUT2D eigenvalue weighted by Gasteiger charge is -2.07. The first-order chi connectivity index (χ1) is 25.7. The molecule has 8 aromatic carbocycles. The van der Waals surface area contributed by atoms with E-state index in [1.165, 1.54) is 32.9 Å². The first-order valence-electron chi connectivity index (χ1n) is 17.6. The Balaban J connectivity index is 1.03. The van der Waals surface area contributed by atoms with Crippen molar-refractivity contribution in [3.8, 4) is 27.9 Å². The van der Waals surface area contributed by atoms with E-state index < -0.39 is 0 Å². The fraction of sp³-hybridized carbons (Fsp3) is 0. The normalized spacial score (nSPS) is 12.2. The van der Waals surface area contributed by atoms with Crippen molar-refractivity contribution in [3.05, 3.63) is 164 Å². The Kier molecular flexibility index (Phi) is 5.47. The Morgan fingerprint density at radius 2 is 0.808 bits per heavy atom. The highest BCUT2D eigenvalue weighted by Crippen LogP contribution is 2.42. The van der Waals surface area contributed by atoms with Gasteiger partial charge in [0.05, 0.1) is 16.4 Å². The van der Waals surface area contributed by atoms with Crippen LogP contribution in [0.3, 0.4) is 0 Å². The minimum absolute atomic E-state index is 0.811. The maximum absolute atomic E-state index is 6.69. The van der Waals surface area contributed by atoms with Crippen LogP contribution in [0.5, 0.6) is 0 Å². The van der Waals surface area contributed by atoms with E-state index >= 15 is 0 Å². The average Bonchev–Trinajstić information content (AvgIpc) is 3.96. The summed E-state index contributed by atoms with van der Waals surface area (Å²) < 4.78 is 21.7. The second kappa shape index (κ2) is 10.3. The molecule has 4 aromatic heterocycles. The minimum atomic E-state index is 0.811. The van der Waals surface area contributed by atoms with Crippen LogP contribution < -0.4 is 0 Å². The monoisotopic (exact) mass is 665 g/mol. The van der Waals surface area contributed by atoms with E-state index in [1.807, 2.05) is 6.07 Å². The van der Waals surface area contributed by atoms with Crippen LogP contribution in [0.2, 0.25) is 0 Å². The molecule has 0 amide bonds. The molecule has 0 N–H and O–H groups in total. The van der Waals surface area contributed by atoms with E-state index in [9.17, 15) is 0 Å². The lowest BCUT2D eigenvalue weighted by atomic mass is 9.99. The minimum Gasteiger partial charge on any atom is -0.456 e. The summed E-state index contributed by atoms with van der Waals surface area (Å²) in [6, 6.07) is 57.8. The molecular formula is C48H27NO3. The van der Waals surface area contributed by atoms with Gasteiger partial charge in [-0.25, -0.2) is 0 Å². The zero-order valence-electron chi connectivity index (χ0n) is 27.8. The molecule has 242 valence electrons. The number of fused-ring (bicyclic) bond motifs is 13. The zero-order valence-corrected chi connectivity index (χ0v) is 27.8. The molecule has 0 saturated heterocycles. The number of furan rings is 3. The van der Waals surface area contributed by atoms with Gasteiger partial charge in [0, 0.05) is 43.4 Å². The van der Waals surface area contributed by atoms with Crippen LogP contribution >= 0.6 is 0 Å².